The summed E-state index contributed by atoms with van der Waals surface area (Å²) in [4.78, 5) is 25.3. The van der Waals surface area contributed by atoms with Crippen LogP contribution in [0.25, 0.3) is 0 Å². The smallest absolute Gasteiger partial charge is 0.341 e. The third-order valence-electron chi connectivity index (χ3n) is 2.88. The Morgan fingerprint density at radius 2 is 2.00 bits per heavy atom. The Hall–Kier alpha value is -2.34. The van der Waals surface area contributed by atoms with Gasteiger partial charge >= 0.3 is 5.97 Å². The summed E-state index contributed by atoms with van der Waals surface area (Å²) in [6.45, 7) is 1.02. The summed E-state index contributed by atoms with van der Waals surface area (Å²) >= 11 is 0. The highest BCUT2D eigenvalue weighted by molar-refractivity contribution is 5.92. The number of amides is 1. The average Bonchev–Trinajstić information content (AvgIpc) is 2.51. The predicted molar refractivity (Wildman–Crippen MR) is 83.9 cm³/mol. The number of methoxy groups -OCH3 is 2. The molecule has 0 aliphatic rings. The van der Waals surface area contributed by atoms with E-state index in [2.05, 4.69) is 5.32 Å². The molecule has 0 spiro atoms. The third-order valence-corrected chi connectivity index (χ3v) is 2.88. The maximum atomic E-state index is 11.7. The van der Waals surface area contributed by atoms with Gasteiger partial charge in [-0.15, -0.1) is 0 Å². The van der Waals surface area contributed by atoms with Crippen molar-refractivity contribution in [3.63, 3.8) is 0 Å². The molecule has 1 aromatic rings. The van der Waals surface area contributed by atoms with Crippen LogP contribution in [0.3, 0.4) is 0 Å². The number of hydrogen-bond donors (Lipinski definition) is 1. The minimum Gasteiger partial charge on any atom is -0.496 e. The number of ether oxygens (including phenoxy) is 2. The van der Waals surface area contributed by atoms with Gasteiger partial charge in [0.25, 0.3) is 0 Å². The van der Waals surface area contributed by atoms with Crippen molar-refractivity contribution in [2.75, 3.05) is 34.9 Å². The van der Waals surface area contributed by atoms with E-state index >= 15 is 0 Å². The lowest BCUT2D eigenvalue weighted by molar-refractivity contribution is -0.116. The lowest BCUT2D eigenvalue weighted by atomic mass is 10.1. The molecule has 1 aromatic carbocycles. The minimum atomic E-state index is -0.476. The van der Waals surface area contributed by atoms with Gasteiger partial charge in [0.2, 0.25) is 5.91 Å². The van der Waals surface area contributed by atoms with E-state index in [1.807, 2.05) is 19.0 Å². The molecule has 0 radical (unpaired) electrons. The molecule has 0 atom stereocenters. The van der Waals surface area contributed by atoms with Crippen molar-refractivity contribution < 1.29 is 19.1 Å². The van der Waals surface area contributed by atoms with Gasteiger partial charge < -0.3 is 19.7 Å². The molecule has 6 heteroatoms. The summed E-state index contributed by atoms with van der Waals surface area (Å²) in [6, 6.07) is 5.11. The van der Waals surface area contributed by atoms with Gasteiger partial charge in [0.05, 0.1) is 14.2 Å². The van der Waals surface area contributed by atoms with Crippen molar-refractivity contribution in [3.05, 3.63) is 41.5 Å². The van der Waals surface area contributed by atoms with E-state index in [4.69, 9.17) is 9.47 Å². The van der Waals surface area contributed by atoms with Crippen LogP contribution in [0.2, 0.25) is 0 Å². The van der Waals surface area contributed by atoms with Crippen molar-refractivity contribution in [1.82, 2.24) is 10.2 Å². The van der Waals surface area contributed by atoms with Crippen molar-refractivity contribution in [1.29, 1.82) is 0 Å². The van der Waals surface area contributed by atoms with Crippen molar-refractivity contribution in [2.45, 2.75) is 6.54 Å². The van der Waals surface area contributed by atoms with Gasteiger partial charge in [-0.2, -0.15) is 0 Å². The van der Waals surface area contributed by atoms with Crippen molar-refractivity contribution in [2.24, 2.45) is 0 Å². The zero-order valence-corrected chi connectivity index (χ0v) is 13.4. The number of likely N-dealkylation sites (N-methyl/N-ethyl adjacent to an activating group) is 1. The third kappa shape index (κ3) is 5.57. The molecular formula is C16H22N2O4. The van der Waals surface area contributed by atoms with Gasteiger partial charge in [0, 0.05) is 19.2 Å². The standard InChI is InChI=1S/C16H22N2O4/c1-18(2)9-5-6-15(19)17-11-12-7-8-14(21-3)13(10-12)16(20)22-4/h5-8,10H,9,11H2,1-4H3,(H,17,19)/b6-5+. The second kappa shape index (κ2) is 8.84. The topological polar surface area (TPSA) is 67.9 Å². The molecule has 1 amide bonds. The van der Waals surface area contributed by atoms with E-state index in [0.29, 0.717) is 24.4 Å². The molecule has 120 valence electrons. The molecule has 0 fully saturated rings. The van der Waals surface area contributed by atoms with Gasteiger partial charge in [-0.25, -0.2) is 4.79 Å². The Morgan fingerprint density at radius 3 is 2.59 bits per heavy atom. The van der Waals surface area contributed by atoms with E-state index in [1.54, 1.807) is 24.3 Å². The monoisotopic (exact) mass is 306 g/mol. The quantitative estimate of drug-likeness (QED) is 0.606. The van der Waals surface area contributed by atoms with Crippen LogP contribution in [-0.2, 0) is 16.1 Å². The molecule has 0 bridgehead atoms. The molecule has 0 aromatic heterocycles. The molecule has 1 N–H and O–H groups in total. The molecule has 0 unspecified atom stereocenters. The van der Waals surface area contributed by atoms with E-state index in [0.717, 1.165) is 5.56 Å². The van der Waals surface area contributed by atoms with Crippen LogP contribution in [0.5, 0.6) is 5.75 Å². The Morgan fingerprint density at radius 1 is 1.27 bits per heavy atom. The van der Waals surface area contributed by atoms with Gasteiger partial charge in [-0.1, -0.05) is 12.1 Å². The van der Waals surface area contributed by atoms with E-state index < -0.39 is 5.97 Å². The minimum absolute atomic E-state index is 0.183. The maximum absolute atomic E-state index is 11.7. The Bertz CT molecular complexity index is 553. The number of esters is 1. The highest BCUT2D eigenvalue weighted by atomic mass is 16.5. The first-order valence-electron chi connectivity index (χ1n) is 6.82. The van der Waals surface area contributed by atoms with E-state index in [9.17, 15) is 9.59 Å². The largest absolute Gasteiger partial charge is 0.496 e. The van der Waals surface area contributed by atoms with Crippen LogP contribution in [0.15, 0.2) is 30.4 Å². The number of benzene rings is 1. The normalized spacial score (nSPS) is 10.8. The number of carbonyl (C=O) groups is 2. The fourth-order valence-corrected chi connectivity index (χ4v) is 1.75. The zero-order valence-electron chi connectivity index (χ0n) is 13.4. The predicted octanol–water partition coefficient (Wildman–Crippen LogP) is 1.22. The first-order valence-corrected chi connectivity index (χ1v) is 6.82. The zero-order chi connectivity index (χ0) is 16.5. The Labute approximate surface area is 130 Å². The number of nitrogens with one attached hydrogen (secondary N) is 1. The summed E-state index contributed by atoms with van der Waals surface area (Å²) in [5.41, 5.74) is 1.12. The molecule has 0 aliphatic heterocycles. The lowest BCUT2D eigenvalue weighted by Crippen LogP contribution is -2.21. The van der Waals surface area contributed by atoms with Crippen molar-refractivity contribution >= 4 is 11.9 Å². The van der Waals surface area contributed by atoms with Gasteiger partial charge in [-0.3, -0.25) is 4.79 Å². The molecule has 22 heavy (non-hydrogen) atoms. The van der Waals surface area contributed by atoms with E-state index in [1.165, 1.54) is 20.3 Å². The number of rotatable bonds is 7. The summed E-state index contributed by atoms with van der Waals surface area (Å²) in [5.74, 6) is -0.221. The number of carbonyl (C=O) groups excluding carboxylic acids is 2. The Balaban J connectivity index is 2.68. The molecule has 1 rings (SSSR count). The highest BCUT2D eigenvalue weighted by Crippen LogP contribution is 2.20. The van der Waals surface area contributed by atoms with Crippen LogP contribution in [0.4, 0.5) is 0 Å². The molecule has 6 nitrogen and oxygen atoms in total. The fraction of sp³-hybridized carbons (Fsp3) is 0.375. The number of nitrogens with zero attached hydrogens (tertiary/aromatic N) is 1. The second-order valence-corrected chi connectivity index (χ2v) is 4.91. The average molecular weight is 306 g/mol. The van der Waals surface area contributed by atoms with Crippen LogP contribution in [-0.4, -0.2) is 51.6 Å². The number of hydrogen-bond acceptors (Lipinski definition) is 5. The first-order chi connectivity index (χ1) is 10.5. The van der Waals surface area contributed by atoms with Crippen LogP contribution < -0.4 is 10.1 Å². The maximum Gasteiger partial charge on any atom is 0.341 e. The highest BCUT2D eigenvalue weighted by Gasteiger charge is 2.13. The molecule has 0 aliphatic carbocycles. The van der Waals surface area contributed by atoms with Crippen LogP contribution >= 0.6 is 0 Å². The summed E-state index contributed by atoms with van der Waals surface area (Å²) < 4.78 is 9.83. The molecule has 0 saturated carbocycles. The second-order valence-electron chi connectivity index (χ2n) is 4.91. The first kappa shape index (κ1) is 17.7. The summed E-state index contributed by atoms with van der Waals surface area (Å²) in [5, 5.41) is 2.76. The fourth-order valence-electron chi connectivity index (χ4n) is 1.75. The molecule has 0 heterocycles. The van der Waals surface area contributed by atoms with Crippen molar-refractivity contribution in [3.8, 4) is 5.75 Å². The summed E-state index contributed by atoms with van der Waals surface area (Å²) in [6.07, 6.45) is 3.27. The van der Waals surface area contributed by atoms with Gasteiger partial charge in [0.15, 0.2) is 0 Å². The summed E-state index contributed by atoms with van der Waals surface area (Å²) in [7, 11) is 6.65. The molecule has 0 saturated heterocycles. The Kier molecular flexibility index (Phi) is 7.12. The lowest BCUT2D eigenvalue weighted by Gasteiger charge is -2.09. The van der Waals surface area contributed by atoms with Gasteiger partial charge in [-0.05, 0) is 31.8 Å². The van der Waals surface area contributed by atoms with Crippen LogP contribution in [0, 0.1) is 0 Å². The molecular weight excluding hydrogens is 284 g/mol. The van der Waals surface area contributed by atoms with E-state index in [-0.39, 0.29) is 5.91 Å². The van der Waals surface area contributed by atoms with Crippen LogP contribution in [0.1, 0.15) is 15.9 Å². The van der Waals surface area contributed by atoms with Gasteiger partial charge in [0.1, 0.15) is 11.3 Å². The SMILES string of the molecule is COC(=O)c1cc(CNC(=O)/C=C/CN(C)C)ccc1OC.